The van der Waals surface area contributed by atoms with Crippen LogP contribution in [-0.2, 0) is 22.6 Å². The van der Waals surface area contributed by atoms with Crippen molar-refractivity contribution in [2.45, 2.75) is 50.2 Å². The van der Waals surface area contributed by atoms with Gasteiger partial charge in [0.15, 0.2) is 0 Å². The average molecular weight is 801 g/mol. The van der Waals surface area contributed by atoms with Crippen LogP contribution in [0.15, 0.2) is 136 Å². The minimum Gasteiger partial charge on any atom is -0.456 e. The Balaban J connectivity index is 0.000000154. The molecular weight excluding hydrogens is 753 g/mol. The molecule has 12 nitrogen and oxygen atoms in total. The number of fused-ring (bicyclic) bond motifs is 4. The highest BCUT2D eigenvalue weighted by Gasteiger charge is 2.29. The molecule has 2 fully saturated rings. The minimum absolute atomic E-state index is 0.0829. The number of hydrogen-bond donors (Lipinski definition) is 1. The summed E-state index contributed by atoms with van der Waals surface area (Å²) in [6.07, 6.45) is 9.33. The number of likely N-dealkylation sites (tertiary alicyclic amines) is 2. The van der Waals surface area contributed by atoms with Crippen molar-refractivity contribution in [3.8, 4) is 22.6 Å². The van der Waals surface area contributed by atoms with Crippen LogP contribution in [0.2, 0.25) is 0 Å². The molecule has 10 rings (SSSR count). The fraction of sp³-hybridized carbons (Fsp3) is 0.292. The summed E-state index contributed by atoms with van der Waals surface area (Å²) in [5.41, 5.74) is 21.2. The molecule has 0 radical (unpaired) electrons. The third kappa shape index (κ3) is 8.35. The van der Waals surface area contributed by atoms with Crippen molar-refractivity contribution in [2.75, 3.05) is 40.4 Å². The molecule has 12 heteroatoms. The zero-order valence-corrected chi connectivity index (χ0v) is 33.9. The number of aromatic nitrogens is 2. The van der Waals surface area contributed by atoms with Crippen molar-refractivity contribution >= 4 is 43.5 Å². The van der Waals surface area contributed by atoms with Gasteiger partial charge in [-0.25, -0.2) is 0 Å². The van der Waals surface area contributed by atoms with Crippen LogP contribution in [-0.4, -0.2) is 84.5 Å². The van der Waals surface area contributed by atoms with Crippen molar-refractivity contribution in [1.82, 2.24) is 19.8 Å². The molecule has 2 N–H and O–H groups in total. The molecule has 0 spiro atoms. The second kappa shape index (κ2) is 17.6. The van der Waals surface area contributed by atoms with E-state index in [0.29, 0.717) is 0 Å². The van der Waals surface area contributed by atoms with Crippen molar-refractivity contribution in [3.05, 3.63) is 143 Å². The van der Waals surface area contributed by atoms with E-state index < -0.39 is 0 Å². The molecule has 60 heavy (non-hydrogen) atoms. The van der Waals surface area contributed by atoms with Crippen molar-refractivity contribution in [3.63, 3.8) is 0 Å². The zero-order valence-electron chi connectivity index (χ0n) is 33.9. The molecule has 0 bridgehead atoms. The Bertz CT molecular complexity index is 2750. The van der Waals surface area contributed by atoms with Gasteiger partial charge in [0, 0.05) is 115 Å². The van der Waals surface area contributed by atoms with Gasteiger partial charge in [-0.15, -0.1) is 0 Å². The summed E-state index contributed by atoms with van der Waals surface area (Å²) >= 11 is 0. The smallest absolute Gasteiger partial charge is 0.137 e. The van der Waals surface area contributed by atoms with E-state index in [0.717, 1.165) is 118 Å². The number of nitrogens with zero attached hydrogens (tertiary/aromatic N) is 7. The van der Waals surface area contributed by atoms with Gasteiger partial charge in [-0.1, -0.05) is 65.8 Å². The van der Waals surface area contributed by atoms with Crippen LogP contribution < -0.4 is 5.73 Å². The molecular formula is C48H48N8O4. The first-order valence-electron chi connectivity index (χ1n) is 20.5. The van der Waals surface area contributed by atoms with Crippen molar-refractivity contribution in [1.29, 1.82) is 0 Å². The highest BCUT2D eigenvalue weighted by molar-refractivity contribution is 5.98. The molecule has 0 amide bonds. The normalized spacial score (nSPS) is 20.0. The van der Waals surface area contributed by atoms with Gasteiger partial charge < -0.3 is 24.0 Å². The number of para-hydroxylation sites is 2. The summed E-state index contributed by atoms with van der Waals surface area (Å²) < 4.78 is 23.4. The first-order valence-corrected chi connectivity index (χ1v) is 20.5. The van der Waals surface area contributed by atoms with Crippen LogP contribution in [0, 0.1) is 0 Å². The van der Waals surface area contributed by atoms with Crippen LogP contribution in [0.4, 0.5) is 0 Å². The van der Waals surface area contributed by atoms with Gasteiger partial charge in [0.1, 0.15) is 22.7 Å². The number of furan rings is 2. The van der Waals surface area contributed by atoms with Crippen LogP contribution in [0.1, 0.15) is 24.0 Å². The summed E-state index contributed by atoms with van der Waals surface area (Å²) in [6, 6.07) is 33.4. The molecule has 4 aromatic heterocycles. The standard InChI is InChI=1S/C24H23N5O2.C24H25N3O2/c1-30-24-15-29(9-8-21(24)27-28-25)14-16-6-7-18-12-26-13-20(19(18)10-16)23-11-17-4-2-3-5-22(17)31-23;1-28-24-15-27(9-8-21(24)25)14-16-6-7-18-12-26-13-20(19(18)10-16)23-11-17-4-2-3-5-22(17)29-23/h2-7,10-13,21,24H,8-9,14-15H2,1H3;2-7,10-13,21,24H,8-9,14-15,25H2,1H3/t2*21-,24+/m11/s1. The van der Waals surface area contributed by atoms with Gasteiger partial charge in [0.05, 0.1) is 18.2 Å². The lowest BCUT2D eigenvalue weighted by atomic mass is 10.00. The number of pyridine rings is 2. The lowest BCUT2D eigenvalue weighted by molar-refractivity contribution is 0.0140. The van der Waals surface area contributed by atoms with Gasteiger partial charge in [-0.05, 0) is 83.2 Å². The van der Waals surface area contributed by atoms with E-state index in [2.05, 4.69) is 90.5 Å². The number of ether oxygens (including phenoxy) is 2. The Morgan fingerprint density at radius 1 is 0.667 bits per heavy atom. The molecule has 2 aliphatic heterocycles. The van der Waals surface area contributed by atoms with Gasteiger partial charge >= 0.3 is 0 Å². The maximum atomic E-state index is 8.78. The Kier molecular flexibility index (Phi) is 11.6. The molecule has 4 atom stereocenters. The van der Waals surface area contributed by atoms with E-state index in [1.165, 1.54) is 11.1 Å². The summed E-state index contributed by atoms with van der Waals surface area (Å²) in [4.78, 5) is 16.6. The van der Waals surface area contributed by atoms with Crippen LogP contribution >= 0.6 is 0 Å². The zero-order chi connectivity index (χ0) is 41.0. The SMILES string of the molecule is CO[C@H]1CN(Cc2ccc3cncc(-c4cc5ccccc5o4)c3c2)CC[C@H]1N.CO[C@H]1CN(Cc2ccc3cncc(-c4cc5ccccc5o4)c3c2)CC[C@H]1N=[N+]=[N-]. The second-order valence-corrected chi connectivity index (χ2v) is 15.8. The Morgan fingerprint density at radius 2 is 1.18 bits per heavy atom. The van der Waals surface area contributed by atoms with Crippen LogP contribution in [0.25, 0.3) is 76.6 Å². The first kappa shape index (κ1) is 39.4. The van der Waals surface area contributed by atoms with Gasteiger partial charge in [0.2, 0.25) is 0 Å². The fourth-order valence-corrected chi connectivity index (χ4v) is 8.69. The lowest BCUT2D eigenvalue weighted by Crippen LogP contribution is -2.51. The average Bonchev–Trinajstić information content (AvgIpc) is 3.92. The molecule has 304 valence electrons. The maximum absolute atomic E-state index is 8.78. The monoisotopic (exact) mass is 800 g/mol. The Hall–Kier alpha value is -6.11. The van der Waals surface area contributed by atoms with Gasteiger partial charge in [0.25, 0.3) is 0 Å². The number of azide groups is 1. The summed E-state index contributed by atoms with van der Waals surface area (Å²) in [7, 11) is 3.42. The molecule has 4 aromatic carbocycles. The first-order chi connectivity index (χ1) is 29.5. The van der Waals surface area contributed by atoms with E-state index in [9.17, 15) is 0 Å². The molecule has 6 heterocycles. The molecule has 8 aromatic rings. The van der Waals surface area contributed by atoms with Crippen LogP contribution in [0.5, 0.6) is 0 Å². The predicted octanol–water partition coefficient (Wildman–Crippen LogP) is 9.74. The number of nitrogens with two attached hydrogens (primary N) is 1. The number of hydrogen-bond acceptors (Lipinski definition) is 10. The third-order valence-electron chi connectivity index (χ3n) is 12.0. The maximum Gasteiger partial charge on any atom is 0.137 e. The van der Waals surface area contributed by atoms with Crippen molar-refractivity contribution < 1.29 is 18.3 Å². The van der Waals surface area contributed by atoms with E-state index >= 15 is 0 Å². The van der Waals surface area contributed by atoms with Gasteiger partial charge in [-0.2, -0.15) is 0 Å². The van der Waals surface area contributed by atoms with E-state index in [1.54, 1.807) is 14.2 Å². The molecule has 2 aliphatic rings. The minimum atomic E-state index is -0.103. The highest BCUT2D eigenvalue weighted by Crippen LogP contribution is 2.35. The second-order valence-electron chi connectivity index (χ2n) is 15.8. The van der Waals surface area contributed by atoms with E-state index in [4.69, 9.17) is 29.6 Å². The van der Waals surface area contributed by atoms with E-state index in [-0.39, 0.29) is 24.3 Å². The summed E-state index contributed by atoms with van der Waals surface area (Å²) in [6.45, 7) is 5.15. The molecule has 2 saturated heterocycles. The third-order valence-corrected chi connectivity index (χ3v) is 12.0. The Labute approximate surface area is 348 Å². The number of rotatable bonds is 9. The summed E-state index contributed by atoms with van der Waals surface area (Å²) in [5, 5.41) is 10.6. The van der Waals surface area contributed by atoms with E-state index in [1.807, 2.05) is 61.2 Å². The summed E-state index contributed by atoms with van der Waals surface area (Å²) in [5.74, 6) is 1.68. The largest absolute Gasteiger partial charge is 0.456 e. The van der Waals surface area contributed by atoms with Crippen molar-refractivity contribution in [2.24, 2.45) is 10.8 Å². The predicted molar refractivity (Wildman–Crippen MR) is 236 cm³/mol. The Morgan fingerprint density at radius 3 is 1.70 bits per heavy atom. The highest BCUT2D eigenvalue weighted by atomic mass is 16.5. The number of methoxy groups -OCH3 is 2. The number of benzene rings is 4. The molecule has 0 aliphatic carbocycles. The molecule has 0 saturated carbocycles. The topological polar surface area (TPSA) is 152 Å². The lowest BCUT2D eigenvalue weighted by Gasteiger charge is -2.36. The quantitative estimate of drug-likeness (QED) is 0.0854. The number of piperidine rings is 2. The van der Waals surface area contributed by atoms with Crippen LogP contribution in [0.3, 0.4) is 0 Å². The molecule has 0 unspecified atom stereocenters. The fourth-order valence-electron chi connectivity index (χ4n) is 8.69. The van der Waals surface area contributed by atoms with Gasteiger partial charge in [-0.3, -0.25) is 19.8 Å².